The summed E-state index contributed by atoms with van der Waals surface area (Å²) in [6.45, 7) is 6.10. The van der Waals surface area contributed by atoms with Gasteiger partial charge in [-0.15, -0.1) is 5.10 Å². The Morgan fingerprint density at radius 3 is 2.95 bits per heavy atom. The Morgan fingerprint density at radius 1 is 1.45 bits per heavy atom. The Balaban J connectivity index is 1.63. The molecule has 2 aliphatic heterocycles. The minimum Gasteiger partial charge on any atom is -0.376 e. The van der Waals surface area contributed by atoms with Gasteiger partial charge in [0.15, 0.2) is 5.69 Å². The molecule has 1 aromatic rings. The lowest BCUT2D eigenvalue weighted by Crippen LogP contribution is -2.37. The van der Waals surface area contributed by atoms with E-state index in [1.165, 1.54) is 0 Å². The van der Waals surface area contributed by atoms with Crippen molar-refractivity contribution in [2.24, 2.45) is 0 Å². The fourth-order valence-electron chi connectivity index (χ4n) is 3.18. The van der Waals surface area contributed by atoms with Crippen LogP contribution in [0.2, 0.25) is 0 Å². The van der Waals surface area contributed by atoms with Crippen molar-refractivity contribution in [2.45, 2.75) is 44.8 Å². The van der Waals surface area contributed by atoms with E-state index in [2.05, 4.69) is 15.6 Å². The van der Waals surface area contributed by atoms with Gasteiger partial charge in [0.2, 0.25) is 0 Å². The van der Waals surface area contributed by atoms with Crippen molar-refractivity contribution >= 4 is 5.91 Å². The van der Waals surface area contributed by atoms with E-state index < -0.39 is 0 Å². The molecule has 0 saturated carbocycles. The van der Waals surface area contributed by atoms with Crippen molar-refractivity contribution in [1.29, 1.82) is 0 Å². The van der Waals surface area contributed by atoms with E-state index in [1.54, 1.807) is 6.20 Å². The van der Waals surface area contributed by atoms with Crippen LogP contribution in [0.3, 0.4) is 0 Å². The summed E-state index contributed by atoms with van der Waals surface area (Å²) in [5.74, 6) is -0.0433. The van der Waals surface area contributed by atoms with Crippen LogP contribution in [0.25, 0.3) is 0 Å². The number of ether oxygens (including phenoxy) is 1. The monoisotopic (exact) mass is 307 g/mol. The summed E-state index contributed by atoms with van der Waals surface area (Å²) in [5, 5.41) is 11.6. The van der Waals surface area contributed by atoms with Gasteiger partial charge >= 0.3 is 0 Å². The van der Waals surface area contributed by atoms with Gasteiger partial charge in [-0.25, -0.2) is 4.68 Å². The number of hydrogen-bond donors (Lipinski definition) is 1. The Kier molecular flexibility index (Phi) is 5.04. The Morgan fingerprint density at radius 2 is 2.27 bits per heavy atom. The average Bonchev–Trinajstić information content (AvgIpc) is 3.24. The lowest BCUT2D eigenvalue weighted by Gasteiger charge is -2.23. The number of piperidine rings is 1. The molecule has 1 amide bonds. The topological polar surface area (TPSA) is 72.3 Å². The second-order valence-corrected chi connectivity index (χ2v) is 6.04. The molecular weight excluding hydrogens is 282 g/mol. The Labute approximate surface area is 131 Å². The fraction of sp³-hybridized carbons (Fsp3) is 0.800. The molecule has 22 heavy (non-hydrogen) atoms. The highest BCUT2D eigenvalue weighted by Gasteiger charge is 2.25. The van der Waals surface area contributed by atoms with E-state index in [4.69, 9.17) is 4.74 Å². The number of likely N-dealkylation sites (N-methyl/N-ethyl adjacent to an activating group) is 1. The second kappa shape index (κ2) is 7.19. The summed E-state index contributed by atoms with van der Waals surface area (Å²) in [6.07, 6.45) is 6.16. The first-order chi connectivity index (χ1) is 10.8. The predicted octanol–water partition coefficient (Wildman–Crippen LogP) is 0.844. The molecular formula is C15H25N5O2. The zero-order valence-corrected chi connectivity index (χ0v) is 13.2. The first kappa shape index (κ1) is 15.4. The van der Waals surface area contributed by atoms with Gasteiger partial charge in [0.05, 0.1) is 18.3 Å². The van der Waals surface area contributed by atoms with Gasteiger partial charge in [-0.2, -0.15) is 0 Å². The van der Waals surface area contributed by atoms with Crippen LogP contribution < -0.4 is 5.32 Å². The number of amides is 1. The number of carbonyl (C=O) groups excluding carboxylic acids is 1. The first-order valence-electron chi connectivity index (χ1n) is 8.31. The molecule has 0 aliphatic carbocycles. The molecule has 7 nitrogen and oxygen atoms in total. The molecule has 2 saturated heterocycles. The summed E-state index contributed by atoms with van der Waals surface area (Å²) in [6, 6.07) is 0.351. The number of nitrogens with zero attached hydrogens (tertiary/aromatic N) is 4. The third-order valence-corrected chi connectivity index (χ3v) is 4.53. The molecule has 0 spiro atoms. The third-order valence-electron chi connectivity index (χ3n) is 4.53. The molecule has 0 radical (unpaired) electrons. The van der Waals surface area contributed by atoms with Crippen LogP contribution in [0.5, 0.6) is 0 Å². The summed E-state index contributed by atoms with van der Waals surface area (Å²) in [4.78, 5) is 14.4. The normalized spacial score (nSPS) is 22.9. The lowest BCUT2D eigenvalue weighted by atomic mass is 10.1. The molecule has 1 aromatic heterocycles. The lowest BCUT2D eigenvalue weighted by molar-refractivity contribution is 0.0534. The Bertz CT molecular complexity index is 492. The molecule has 1 atom stereocenters. The summed E-state index contributed by atoms with van der Waals surface area (Å²) >= 11 is 0. The summed E-state index contributed by atoms with van der Waals surface area (Å²) in [5.41, 5.74) is 0.443. The average molecular weight is 307 g/mol. The quantitative estimate of drug-likeness (QED) is 0.873. The molecule has 122 valence electrons. The number of nitrogens with one attached hydrogen (secondary N) is 1. The number of rotatable bonds is 5. The molecule has 1 unspecified atom stereocenters. The maximum absolute atomic E-state index is 12.6. The van der Waals surface area contributed by atoms with Gasteiger partial charge < -0.3 is 15.0 Å². The molecule has 3 rings (SSSR count). The van der Waals surface area contributed by atoms with E-state index in [9.17, 15) is 4.79 Å². The van der Waals surface area contributed by atoms with Crippen LogP contribution in [0.1, 0.15) is 49.1 Å². The van der Waals surface area contributed by atoms with Gasteiger partial charge in [0.25, 0.3) is 5.91 Å². The highest BCUT2D eigenvalue weighted by molar-refractivity contribution is 5.91. The van der Waals surface area contributed by atoms with Gasteiger partial charge in [0.1, 0.15) is 0 Å². The van der Waals surface area contributed by atoms with Crippen LogP contribution in [0.15, 0.2) is 6.20 Å². The largest absolute Gasteiger partial charge is 0.376 e. The van der Waals surface area contributed by atoms with Crippen molar-refractivity contribution in [1.82, 2.24) is 25.2 Å². The van der Waals surface area contributed by atoms with Crippen LogP contribution in [-0.4, -0.2) is 64.7 Å². The van der Waals surface area contributed by atoms with Crippen molar-refractivity contribution in [2.75, 3.05) is 32.8 Å². The molecule has 0 bridgehead atoms. The SMILES string of the molecule is CCN(CC1CCCO1)C(=O)c1cn(C2CCNCC2)nn1. The molecule has 2 fully saturated rings. The van der Waals surface area contributed by atoms with E-state index >= 15 is 0 Å². The third kappa shape index (κ3) is 3.47. The molecule has 2 aliphatic rings. The van der Waals surface area contributed by atoms with E-state index in [0.29, 0.717) is 24.8 Å². The van der Waals surface area contributed by atoms with Crippen molar-refractivity contribution in [3.05, 3.63) is 11.9 Å². The van der Waals surface area contributed by atoms with E-state index in [0.717, 1.165) is 45.4 Å². The number of aromatic nitrogens is 3. The molecule has 0 aromatic carbocycles. The highest BCUT2D eigenvalue weighted by atomic mass is 16.5. The van der Waals surface area contributed by atoms with Crippen molar-refractivity contribution in [3.8, 4) is 0 Å². The summed E-state index contributed by atoms with van der Waals surface area (Å²) in [7, 11) is 0. The zero-order valence-electron chi connectivity index (χ0n) is 13.2. The molecule has 7 heteroatoms. The maximum Gasteiger partial charge on any atom is 0.276 e. The highest BCUT2D eigenvalue weighted by Crippen LogP contribution is 2.18. The molecule has 1 N–H and O–H groups in total. The smallest absolute Gasteiger partial charge is 0.276 e. The van der Waals surface area contributed by atoms with Crippen molar-refractivity contribution in [3.63, 3.8) is 0 Å². The number of hydrogen-bond acceptors (Lipinski definition) is 5. The minimum atomic E-state index is -0.0433. The van der Waals surface area contributed by atoms with Crippen LogP contribution in [-0.2, 0) is 4.74 Å². The van der Waals surface area contributed by atoms with Crippen LogP contribution >= 0.6 is 0 Å². The van der Waals surface area contributed by atoms with Crippen molar-refractivity contribution < 1.29 is 9.53 Å². The molecule has 3 heterocycles. The van der Waals surface area contributed by atoms with Gasteiger partial charge in [-0.1, -0.05) is 5.21 Å². The van der Waals surface area contributed by atoms with Gasteiger partial charge in [0, 0.05) is 19.7 Å². The second-order valence-electron chi connectivity index (χ2n) is 6.04. The Hall–Kier alpha value is -1.47. The first-order valence-corrected chi connectivity index (χ1v) is 8.31. The zero-order chi connectivity index (χ0) is 15.4. The minimum absolute atomic E-state index is 0.0433. The summed E-state index contributed by atoms with van der Waals surface area (Å²) < 4.78 is 7.48. The van der Waals surface area contributed by atoms with E-state index in [1.807, 2.05) is 16.5 Å². The van der Waals surface area contributed by atoms with E-state index in [-0.39, 0.29) is 12.0 Å². The predicted molar refractivity (Wildman–Crippen MR) is 81.7 cm³/mol. The van der Waals surface area contributed by atoms with Gasteiger partial charge in [-0.3, -0.25) is 4.79 Å². The number of carbonyl (C=O) groups is 1. The van der Waals surface area contributed by atoms with Crippen LogP contribution in [0, 0.1) is 0 Å². The van der Waals surface area contributed by atoms with Gasteiger partial charge in [-0.05, 0) is 45.7 Å². The standard InChI is InChI=1S/C15H25N5O2/c1-2-19(10-13-4-3-9-22-13)15(21)14-11-20(18-17-14)12-5-7-16-8-6-12/h11-13,16H,2-10H2,1H3. The fourth-order valence-corrected chi connectivity index (χ4v) is 3.18. The maximum atomic E-state index is 12.6. The van der Waals surface area contributed by atoms with Crippen LogP contribution in [0.4, 0.5) is 0 Å².